The fourth-order valence-electron chi connectivity index (χ4n) is 2.75. The Morgan fingerprint density at radius 1 is 1.33 bits per heavy atom. The molecule has 0 bridgehead atoms. The summed E-state index contributed by atoms with van der Waals surface area (Å²) in [6, 6.07) is 6.01. The first kappa shape index (κ1) is 13.4. The Morgan fingerprint density at radius 2 is 2.06 bits per heavy atom. The van der Waals surface area contributed by atoms with Crippen molar-refractivity contribution < 1.29 is 9.84 Å². The lowest BCUT2D eigenvalue weighted by atomic mass is 10.0. The van der Waals surface area contributed by atoms with Gasteiger partial charge in [0.1, 0.15) is 5.75 Å². The minimum atomic E-state index is -0.466. The van der Waals surface area contributed by atoms with E-state index in [0.29, 0.717) is 0 Å². The minimum Gasteiger partial charge on any atom is -0.493 e. The van der Waals surface area contributed by atoms with Crippen molar-refractivity contribution in [3.8, 4) is 5.75 Å². The first-order chi connectivity index (χ1) is 8.66. The van der Waals surface area contributed by atoms with E-state index in [1.54, 1.807) is 6.92 Å². The van der Waals surface area contributed by atoms with Crippen molar-refractivity contribution in [2.45, 2.75) is 52.1 Å². The lowest BCUT2D eigenvalue weighted by Gasteiger charge is -2.15. The van der Waals surface area contributed by atoms with Gasteiger partial charge in [-0.2, -0.15) is 0 Å². The number of hydrogen-bond acceptors (Lipinski definition) is 2. The molecule has 0 radical (unpaired) electrons. The lowest BCUT2D eigenvalue weighted by Crippen LogP contribution is -2.06. The molecule has 1 N–H and O–H groups in total. The van der Waals surface area contributed by atoms with Crippen LogP contribution in [-0.2, 0) is 0 Å². The summed E-state index contributed by atoms with van der Waals surface area (Å²) in [4.78, 5) is 0. The Labute approximate surface area is 110 Å². The monoisotopic (exact) mass is 248 g/mol. The minimum absolute atomic E-state index is 0.466. The van der Waals surface area contributed by atoms with Crippen molar-refractivity contribution >= 4 is 0 Å². The highest BCUT2D eigenvalue weighted by molar-refractivity contribution is 5.38. The van der Waals surface area contributed by atoms with Crippen LogP contribution in [0.2, 0.25) is 0 Å². The molecule has 0 amide bonds. The van der Waals surface area contributed by atoms with Gasteiger partial charge < -0.3 is 9.84 Å². The number of rotatable bonds is 5. The Balaban J connectivity index is 1.92. The highest BCUT2D eigenvalue weighted by Gasteiger charge is 2.15. The molecule has 0 spiro atoms. The average molecular weight is 248 g/mol. The molecule has 0 aliphatic heterocycles. The number of ether oxygens (including phenoxy) is 1. The van der Waals surface area contributed by atoms with Crippen molar-refractivity contribution in [3.05, 3.63) is 29.3 Å². The Hall–Kier alpha value is -1.02. The van der Waals surface area contributed by atoms with Gasteiger partial charge in [0.2, 0.25) is 0 Å². The van der Waals surface area contributed by atoms with Crippen molar-refractivity contribution in [1.29, 1.82) is 0 Å². The predicted molar refractivity (Wildman–Crippen MR) is 73.9 cm³/mol. The van der Waals surface area contributed by atoms with E-state index in [0.717, 1.165) is 30.3 Å². The summed E-state index contributed by atoms with van der Waals surface area (Å²) in [5.41, 5.74) is 2.07. The first-order valence-electron chi connectivity index (χ1n) is 7.08. The van der Waals surface area contributed by atoms with E-state index < -0.39 is 6.10 Å². The smallest absolute Gasteiger partial charge is 0.125 e. The first-order valence-corrected chi connectivity index (χ1v) is 7.08. The van der Waals surface area contributed by atoms with Crippen molar-refractivity contribution in [1.82, 2.24) is 0 Å². The summed E-state index contributed by atoms with van der Waals surface area (Å²) in [5, 5.41) is 9.73. The van der Waals surface area contributed by atoms with Crippen LogP contribution in [0.5, 0.6) is 5.75 Å². The van der Waals surface area contributed by atoms with Gasteiger partial charge in [0.15, 0.2) is 0 Å². The van der Waals surface area contributed by atoms with E-state index in [9.17, 15) is 5.11 Å². The third-order valence-electron chi connectivity index (χ3n) is 3.88. The highest BCUT2D eigenvalue weighted by atomic mass is 16.5. The largest absolute Gasteiger partial charge is 0.493 e. The second-order valence-electron chi connectivity index (χ2n) is 5.50. The van der Waals surface area contributed by atoms with Crippen LogP contribution in [-0.4, -0.2) is 11.7 Å². The Kier molecular flexibility index (Phi) is 4.65. The highest BCUT2D eigenvalue weighted by Crippen LogP contribution is 2.29. The van der Waals surface area contributed by atoms with Gasteiger partial charge in [-0.05, 0) is 37.8 Å². The fraction of sp³-hybridized carbons (Fsp3) is 0.625. The van der Waals surface area contributed by atoms with E-state index in [2.05, 4.69) is 6.92 Å². The van der Waals surface area contributed by atoms with Crippen LogP contribution in [0.15, 0.2) is 18.2 Å². The van der Waals surface area contributed by atoms with Crippen LogP contribution in [0.1, 0.15) is 56.3 Å². The molecular weight excluding hydrogens is 224 g/mol. The summed E-state index contributed by atoms with van der Waals surface area (Å²) >= 11 is 0. The van der Waals surface area contributed by atoms with E-state index in [-0.39, 0.29) is 0 Å². The molecule has 0 unspecified atom stereocenters. The van der Waals surface area contributed by atoms with E-state index >= 15 is 0 Å². The number of aryl methyl sites for hydroxylation is 1. The second kappa shape index (κ2) is 6.24. The summed E-state index contributed by atoms with van der Waals surface area (Å²) in [7, 11) is 0. The standard InChI is InChI=1S/C16H24O2/c1-12-7-8-15(13(2)17)16(11-12)18-10-9-14-5-3-4-6-14/h7-8,11,13-14,17H,3-6,9-10H2,1-2H3/t13-/m1/s1. The van der Waals surface area contributed by atoms with Gasteiger partial charge in [0.05, 0.1) is 12.7 Å². The van der Waals surface area contributed by atoms with Crippen molar-refractivity contribution in [2.75, 3.05) is 6.61 Å². The summed E-state index contributed by atoms with van der Waals surface area (Å²) in [5.74, 6) is 1.70. The number of hydrogen-bond donors (Lipinski definition) is 1. The fourth-order valence-corrected chi connectivity index (χ4v) is 2.75. The molecule has 1 saturated carbocycles. The number of aliphatic hydroxyl groups excluding tert-OH is 1. The summed E-state index contributed by atoms with van der Waals surface area (Å²) < 4.78 is 5.88. The third kappa shape index (κ3) is 3.49. The Morgan fingerprint density at radius 3 is 2.72 bits per heavy atom. The molecule has 0 saturated heterocycles. The van der Waals surface area contributed by atoms with E-state index in [1.165, 1.54) is 31.2 Å². The van der Waals surface area contributed by atoms with Crippen LogP contribution in [0.25, 0.3) is 0 Å². The summed E-state index contributed by atoms with van der Waals surface area (Å²) in [6.45, 7) is 4.61. The Bertz CT molecular complexity index is 379. The zero-order chi connectivity index (χ0) is 13.0. The molecule has 2 heteroatoms. The molecular formula is C16H24O2. The normalized spacial score (nSPS) is 17.9. The maximum atomic E-state index is 9.73. The molecule has 18 heavy (non-hydrogen) atoms. The molecule has 2 nitrogen and oxygen atoms in total. The van der Waals surface area contributed by atoms with Gasteiger partial charge >= 0.3 is 0 Å². The zero-order valence-electron chi connectivity index (χ0n) is 11.5. The van der Waals surface area contributed by atoms with Gasteiger partial charge in [-0.15, -0.1) is 0 Å². The van der Waals surface area contributed by atoms with Crippen molar-refractivity contribution in [3.63, 3.8) is 0 Å². The van der Waals surface area contributed by atoms with Gasteiger partial charge in [0.25, 0.3) is 0 Å². The molecule has 1 aliphatic rings. The molecule has 1 aliphatic carbocycles. The number of benzene rings is 1. The van der Waals surface area contributed by atoms with Crippen LogP contribution in [0, 0.1) is 12.8 Å². The third-order valence-corrected chi connectivity index (χ3v) is 3.88. The number of aliphatic hydroxyl groups is 1. The van der Waals surface area contributed by atoms with Crippen LogP contribution < -0.4 is 4.74 Å². The second-order valence-corrected chi connectivity index (χ2v) is 5.50. The zero-order valence-corrected chi connectivity index (χ0v) is 11.5. The maximum Gasteiger partial charge on any atom is 0.125 e. The van der Waals surface area contributed by atoms with Crippen LogP contribution in [0.4, 0.5) is 0 Å². The van der Waals surface area contributed by atoms with Crippen LogP contribution in [0.3, 0.4) is 0 Å². The van der Waals surface area contributed by atoms with Gasteiger partial charge in [-0.1, -0.05) is 37.8 Å². The van der Waals surface area contributed by atoms with E-state index in [4.69, 9.17) is 4.74 Å². The van der Waals surface area contributed by atoms with Crippen molar-refractivity contribution in [2.24, 2.45) is 5.92 Å². The summed E-state index contributed by atoms with van der Waals surface area (Å²) in [6.07, 6.45) is 6.17. The SMILES string of the molecule is Cc1ccc([C@@H](C)O)c(OCCC2CCCC2)c1. The quantitative estimate of drug-likeness (QED) is 0.853. The topological polar surface area (TPSA) is 29.5 Å². The van der Waals surface area contributed by atoms with E-state index in [1.807, 2.05) is 18.2 Å². The van der Waals surface area contributed by atoms with Gasteiger partial charge in [0, 0.05) is 5.56 Å². The molecule has 0 heterocycles. The van der Waals surface area contributed by atoms with Gasteiger partial charge in [-0.3, -0.25) is 0 Å². The maximum absolute atomic E-state index is 9.73. The molecule has 0 aromatic heterocycles. The molecule has 1 aromatic carbocycles. The predicted octanol–water partition coefficient (Wildman–Crippen LogP) is 4.01. The lowest BCUT2D eigenvalue weighted by molar-refractivity contribution is 0.189. The molecule has 1 fully saturated rings. The molecule has 1 aromatic rings. The molecule has 2 rings (SSSR count). The van der Waals surface area contributed by atoms with Gasteiger partial charge in [-0.25, -0.2) is 0 Å². The van der Waals surface area contributed by atoms with Crippen LogP contribution >= 0.6 is 0 Å². The molecule has 100 valence electrons. The average Bonchev–Trinajstić information content (AvgIpc) is 2.82. The molecule has 1 atom stereocenters.